The predicted octanol–water partition coefficient (Wildman–Crippen LogP) is 2.50. The number of hydrogen-bond donors (Lipinski definition) is 1. The molecule has 9 nitrogen and oxygen atoms in total. The summed E-state index contributed by atoms with van der Waals surface area (Å²) in [5, 5.41) is 6.65. The SMILES string of the molecule is CCCCCc1ccc(C(=O)N2C/C(=N/OC)C[C@H]2C(=O)NCc2ccco2)c(=O)o1. The summed E-state index contributed by atoms with van der Waals surface area (Å²) in [6, 6.07) is 5.76. The number of oxime groups is 1. The quantitative estimate of drug-likeness (QED) is 0.484. The van der Waals surface area contributed by atoms with Gasteiger partial charge in [0.25, 0.3) is 5.91 Å². The fraction of sp³-hybridized carbons (Fsp3) is 0.455. The van der Waals surface area contributed by atoms with E-state index in [0.717, 1.165) is 19.3 Å². The van der Waals surface area contributed by atoms with E-state index in [1.54, 1.807) is 18.2 Å². The molecule has 1 N–H and O–H groups in total. The van der Waals surface area contributed by atoms with Crippen LogP contribution in [-0.2, 0) is 22.6 Å². The lowest BCUT2D eigenvalue weighted by molar-refractivity contribution is -0.125. The van der Waals surface area contributed by atoms with Crippen LogP contribution >= 0.6 is 0 Å². The molecule has 2 aromatic heterocycles. The molecule has 1 atom stereocenters. The van der Waals surface area contributed by atoms with Crippen LogP contribution in [-0.4, -0.2) is 42.1 Å². The molecule has 0 saturated carbocycles. The molecule has 1 aliphatic heterocycles. The van der Waals surface area contributed by atoms with E-state index in [1.807, 2.05) is 0 Å². The largest absolute Gasteiger partial charge is 0.467 e. The summed E-state index contributed by atoms with van der Waals surface area (Å²) >= 11 is 0. The Kier molecular flexibility index (Phi) is 7.64. The van der Waals surface area contributed by atoms with Crippen molar-refractivity contribution in [1.29, 1.82) is 0 Å². The van der Waals surface area contributed by atoms with Gasteiger partial charge >= 0.3 is 5.63 Å². The number of furan rings is 1. The number of aryl methyl sites for hydroxylation is 1. The number of nitrogens with one attached hydrogen (secondary N) is 1. The number of likely N-dealkylation sites (tertiary alicyclic amines) is 1. The molecule has 31 heavy (non-hydrogen) atoms. The minimum Gasteiger partial charge on any atom is -0.467 e. The lowest BCUT2D eigenvalue weighted by atomic mass is 10.1. The maximum Gasteiger partial charge on any atom is 0.348 e. The number of nitrogens with zero attached hydrogens (tertiary/aromatic N) is 2. The Morgan fingerprint density at radius 2 is 2.10 bits per heavy atom. The first-order valence-electron chi connectivity index (χ1n) is 10.4. The third-order valence-corrected chi connectivity index (χ3v) is 5.10. The number of carbonyl (C=O) groups excluding carboxylic acids is 2. The number of unbranched alkanes of at least 4 members (excludes halogenated alkanes) is 2. The van der Waals surface area contributed by atoms with Gasteiger partial charge in [0.05, 0.1) is 25.1 Å². The molecule has 0 aromatic carbocycles. The van der Waals surface area contributed by atoms with Crippen LogP contribution in [0.2, 0.25) is 0 Å². The van der Waals surface area contributed by atoms with E-state index >= 15 is 0 Å². The Morgan fingerprint density at radius 1 is 1.26 bits per heavy atom. The van der Waals surface area contributed by atoms with E-state index in [0.29, 0.717) is 23.7 Å². The van der Waals surface area contributed by atoms with E-state index in [2.05, 4.69) is 17.4 Å². The van der Waals surface area contributed by atoms with Crippen LogP contribution in [0.3, 0.4) is 0 Å². The van der Waals surface area contributed by atoms with Crippen LogP contribution in [0.4, 0.5) is 0 Å². The summed E-state index contributed by atoms with van der Waals surface area (Å²) < 4.78 is 10.6. The Morgan fingerprint density at radius 3 is 2.77 bits per heavy atom. The summed E-state index contributed by atoms with van der Waals surface area (Å²) in [6.07, 6.45) is 5.38. The predicted molar refractivity (Wildman–Crippen MR) is 113 cm³/mol. The maximum atomic E-state index is 13.1. The summed E-state index contributed by atoms with van der Waals surface area (Å²) in [7, 11) is 1.40. The van der Waals surface area contributed by atoms with E-state index in [-0.39, 0.29) is 31.0 Å². The third kappa shape index (κ3) is 5.62. The third-order valence-electron chi connectivity index (χ3n) is 5.10. The highest BCUT2D eigenvalue weighted by molar-refractivity contribution is 6.05. The number of hydrogen-bond acceptors (Lipinski definition) is 7. The average Bonchev–Trinajstić information content (AvgIpc) is 3.42. The molecule has 2 amide bonds. The Labute approximate surface area is 180 Å². The van der Waals surface area contributed by atoms with Gasteiger partial charge in [0.15, 0.2) is 0 Å². The van der Waals surface area contributed by atoms with Gasteiger partial charge in [-0.05, 0) is 30.7 Å². The number of amides is 2. The molecule has 1 fully saturated rings. The fourth-order valence-corrected chi connectivity index (χ4v) is 3.50. The van der Waals surface area contributed by atoms with Crippen LogP contribution in [0, 0.1) is 0 Å². The monoisotopic (exact) mass is 429 g/mol. The van der Waals surface area contributed by atoms with Crippen molar-refractivity contribution in [3.05, 3.63) is 58.0 Å². The molecule has 0 aliphatic carbocycles. The van der Waals surface area contributed by atoms with Gasteiger partial charge in [-0.1, -0.05) is 24.9 Å². The second-order valence-corrected chi connectivity index (χ2v) is 7.35. The molecule has 3 heterocycles. The van der Waals surface area contributed by atoms with E-state index in [9.17, 15) is 14.4 Å². The van der Waals surface area contributed by atoms with Crippen LogP contribution in [0.5, 0.6) is 0 Å². The molecule has 0 spiro atoms. The highest BCUT2D eigenvalue weighted by atomic mass is 16.6. The van der Waals surface area contributed by atoms with Gasteiger partial charge in [0.2, 0.25) is 5.91 Å². The molecule has 2 aromatic rings. The first kappa shape index (κ1) is 22.3. The van der Waals surface area contributed by atoms with Crippen molar-refractivity contribution in [3.8, 4) is 0 Å². The number of carbonyl (C=O) groups is 2. The fourth-order valence-electron chi connectivity index (χ4n) is 3.50. The van der Waals surface area contributed by atoms with Crippen LogP contribution in [0.25, 0.3) is 0 Å². The maximum absolute atomic E-state index is 13.1. The van der Waals surface area contributed by atoms with E-state index < -0.39 is 17.6 Å². The van der Waals surface area contributed by atoms with Gasteiger partial charge in [0, 0.05) is 12.8 Å². The minimum atomic E-state index is -0.819. The first-order valence-corrected chi connectivity index (χ1v) is 10.4. The lowest BCUT2D eigenvalue weighted by Gasteiger charge is -2.22. The number of rotatable bonds is 9. The second-order valence-electron chi connectivity index (χ2n) is 7.35. The van der Waals surface area contributed by atoms with E-state index in [1.165, 1.54) is 24.3 Å². The smallest absolute Gasteiger partial charge is 0.348 e. The summed E-state index contributed by atoms with van der Waals surface area (Å²) in [5.41, 5.74) is -0.276. The van der Waals surface area contributed by atoms with Crippen LogP contribution in [0.1, 0.15) is 54.5 Å². The van der Waals surface area contributed by atoms with Gasteiger partial charge in [-0.25, -0.2) is 4.79 Å². The average molecular weight is 429 g/mol. The molecule has 3 rings (SSSR count). The summed E-state index contributed by atoms with van der Waals surface area (Å²) in [6.45, 7) is 2.37. The molecule has 0 radical (unpaired) electrons. The van der Waals surface area contributed by atoms with Gasteiger partial charge in [-0.3, -0.25) is 9.59 Å². The zero-order valence-corrected chi connectivity index (χ0v) is 17.8. The van der Waals surface area contributed by atoms with Gasteiger partial charge < -0.3 is 23.9 Å². The lowest BCUT2D eigenvalue weighted by Crippen LogP contribution is -2.46. The summed E-state index contributed by atoms with van der Waals surface area (Å²) in [4.78, 5) is 44.5. The zero-order valence-electron chi connectivity index (χ0n) is 17.8. The van der Waals surface area contributed by atoms with E-state index in [4.69, 9.17) is 13.7 Å². The van der Waals surface area contributed by atoms with Crippen molar-refractivity contribution in [1.82, 2.24) is 10.2 Å². The zero-order chi connectivity index (χ0) is 22.2. The van der Waals surface area contributed by atoms with Crippen molar-refractivity contribution in [2.24, 2.45) is 5.16 Å². The van der Waals surface area contributed by atoms with Crippen molar-refractivity contribution in [2.75, 3.05) is 13.7 Å². The van der Waals surface area contributed by atoms with Gasteiger partial charge in [-0.15, -0.1) is 0 Å². The Hall–Kier alpha value is -3.36. The molecule has 1 aliphatic rings. The van der Waals surface area contributed by atoms with Crippen molar-refractivity contribution < 1.29 is 23.3 Å². The molecule has 166 valence electrons. The molecular formula is C22H27N3O6. The normalized spacial score (nSPS) is 17.2. The van der Waals surface area contributed by atoms with Crippen LogP contribution in [0.15, 0.2) is 49.3 Å². The van der Waals surface area contributed by atoms with Gasteiger partial charge in [-0.2, -0.15) is 0 Å². The van der Waals surface area contributed by atoms with Crippen molar-refractivity contribution in [3.63, 3.8) is 0 Å². The Bertz CT molecular complexity index is 979. The summed E-state index contributed by atoms with van der Waals surface area (Å²) in [5.74, 6) is 0.194. The highest BCUT2D eigenvalue weighted by Crippen LogP contribution is 2.19. The van der Waals surface area contributed by atoms with Gasteiger partial charge in [0.1, 0.15) is 30.2 Å². The molecule has 1 saturated heterocycles. The molecule has 0 bridgehead atoms. The molecular weight excluding hydrogens is 402 g/mol. The molecule has 0 unspecified atom stereocenters. The van der Waals surface area contributed by atoms with Crippen molar-refractivity contribution >= 4 is 17.5 Å². The van der Waals surface area contributed by atoms with Crippen LogP contribution < -0.4 is 10.9 Å². The van der Waals surface area contributed by atoms with Crippen molar-refractivity contribution in [2.45, 2.75) is 51.6 Å². The standard InChI is InChI=1S/C22H27N3O6/c1-3-4-5-7-16-9-10-18(22(28)31-16)21(27)25-14-15(24-29-2)12-19(25)20(26)23-13-17-8-6-11-30-17/h6,8-11,19H,3-5,7,12-14H2,1-2H3,(H,23,26)/b24-15+/t19-/m0/s1. The second kappa shape index (κ2) is 10.6. The minimum absolute atomic E-state index is 0.0865. The highest BCUT2D eigenvalue weighted by Gasteiger charge is 2.39. The molecule has 9 heteroatoms. The Balaban J connectivity index is 1.75. The first-order chi connectivity index (χ1) is 15.0. The topological polar surface area (TPSA) is 114 Å².